The van der Waals surface area contributed by atoms with E-state index in [0.717, 1.165) is 35.2 Å². The maximum absolute atomic E-state index is 11.6. The van der Waals surface area contributed by atoms with E-state index in [0.29, 0.717) is 18.9 Å². The maximum atomic E-state index is 11.6. The quantitative estimate of drug-likeness (QED) is 0.712. The Morgan fingerprint density at radius 2 is 1.96 bits per heavy atom. The smallest absolute Gasteiger partial charge is 0.222 e. The molecule has 0 spiro atoms. The van der Waals surface area contributed by atoms with Crippen LogP contribution in [0, 0.1) is 5.92 Å². The number of benzene rings is 2. The van der Waals surface area contributed by atoms with Crippen molar-refractivity contribution >= 4 is 16.7 Å². The van der Waals surface area contributed by atoms with Crippen LogP contribution in [0.1, 0.15) is 12.8 Å². The molecule has 1 aromatic heterocycles. The zero-order valence-corrected chi connectivity index (χ0v) is 14.3. The average Bonchev–Trinajstić information content (AvgIpc) is 3.17. The van der Waals surface area contributed by atoms with Crippen LogP contribution >= 0.6 is 0 Å². The second kappa shape index (κ2) is 6.63. The van der Waals surface area contributed by atoms with Crippen LogP contribution in [0.4, 0.5) is 0 Å². The van der Waals surface area contributed by atoms with Crippen molar-refractivity contribution in [3.63, 3.8) is 0 Å². The first kappa shape index (κ1) is 15.8. The van der Waals surface area contributed by atoms with Crippen molar-refractivity contribution < 1.29 is 13.9 Å². The Balaban J connectivity index is 1.46. The van der Waals surface area contributed by atoms with Gasteiger partial charge in [-0.05, 0) is 47.0 Å². The van der Waals surface area contributed by atoms with Crippen LogP contribution in [0.5, 0.6) is 5.75 Å². The van der Waals surface area contributed by atoms with Crippen LogP contribution in [-0.4, -0.2) is 31.0 Å². The normalized spacial score (nSPS) is 17.9. The summed E-state index contributed by atoms with van der Waals surface area (Å²) >= 11 is 0. The van der Waals surface area contributed by atoms with E-state index >= 15 is 0 Å². The van der Waals surface area contributed by atoms with Gasteiger partial charge in [0, 0.05) is 31.5 Å². The Bertz CT molecular complexity index is 885. The van der Waals surface area contributed by atoms with Crippen molar-refractivity contribution in [2.75, 3.05) is 20.2 Å². The first-order valence-electron chi connectivity index (χ1n) is 8.62. The van der Waals surface area contributed by atoms with Gasteiger partial charge in [0.2, 0.25) is 5.91 Å². The molecule has 25 heavy (non-hydrogen) atoms. The molecular formula is C21H21NO3. The van der Waals surface area contributed by atoms with Gasteiger partial charge in [-0.25, -0.2) is 0 Å². The SMILES string of the molecule is CN1CC(COc2ccc3cc(-c4ccoc4)ccc3c2)CCC1=O. The summed E-state index contributed by atoms with van der Waals surface area (Å²) in [6.45, 7) is 1.43. The Morgan fingerprint density at radius 1 is 1.12 bits per heavy atom. The minimum absolute atomic E-state index is 0.232. The Morgan fingerprint density at radius 3 is 2.76 bits per heavy atom. The van der Waals surface area contributed by atoms with Gasteiger partial charge in [-0.15, -0.1) is 0 Å². The molecule has 4 nitrogen and oxygen atoms in total. The van der Waals surface area contributed by atoms with Crippen molar-refractivity contribution in [3.8, 4) is 16.9 Å². The fraction of sp³-hybridized carbons (Fsp3) is 0.286. The summed E-state index contributed by atoms with van der Waals surface area (Å²) in [6.07, 6.45) is 4.97. The third-order valence-corrected chi connectivity index (χ3v) is 4.88. The molecule has 0 radical (unpaired) electrons. The molecule has 2 heterocycles. The second-order valence-corrected chi connectivity index (χ2v) is 6.73. The molecule has 1 fully saturated rings. The highest BCUT2D eigenvalue weighted by molar-refractivity contribution is 5.88. The van der Waals surface area contributed by atoms with Gasteiger partial charge in [0.1, 0.15) is 5.75 Å². The lowest BCUT2D eigenvalue weighted by molar-refractivity contribution is -0.133. The molecule has 3 aromatic rings. The maximum Gasteiger partial charge on any atom is 0.222 e. The molecule has 1 unspecified atom stereocenters. The summed E-state index contributed by atoms with van der Waals surface area (Å²) in [4.78, 5) is 13.4. The van der Waals surface area contributed by atoms with E-state index in [9.17, 15) is 4.79 Å². The number of piperidine rings is 1. The second-order valence-electron chi connectivity index (χ2n) is 6.73. The van der Waals surface area contributed by atoms with E-state index in [1.54, 1.807) is 17.4 Å². The van der Waals surface area contributed by atoms with Gasteiger partial charge in [-0.1, -0.05) is 18.2 Å². The molecule has 0 saturated carbocycles. The molecule has 2 aromatic carbocycles. The molecule has 1 aliphatic rings. The molecule has 128 valence electrons. The van der Waals surface area contributed by atoms with E-state index in [2.05, 4.69) is 30.3 Å². The number of furan rings is 1. The van der Waals surface area contributed by atoms with Gasteiger partial charge >= 0.3 is 0 Å². The summed E-state index contributed by atoms with van der Waals surface area (Å²) in [6, 6.07) is 14.5. The first-order chi connectivity index (χ1) is 12.2. The standard InChI is InChI=1S/C21H21NO3/c1-22-12-15(2-7-21(22)23)13-25-20-6-5-16-10-17(3-4-18(16)11-20)19-8-9-24-14-19/h3-6,8-11,14-15H,2,7,12-13H2,1H3. The number of hydrogen-bond acceptors (Lipinski definition) is 3. The van der Waals surface area contributed by atoms with Crippen LogP contribution in [0.15, 0.2) is 59.4 Å². The molecule has 0 aliphatic carbocycles. The highest BCUT2D eigenvalue weighted by Gasteiger charge is 2.23. The number of fused-ring (bicyclic) bond motifs is 1. The van der Waals surface area contributed by atoms with Gasteiger partial charge in [0.05, 0.1) is 19.1 Å². The molecule has 4 rings (SSSR count). The predicted molar refractivity (Wildman–Crippen MR) is 97.5 cm³/mol. The lowest BCUT2D eigenvalue weighted by Gasteiger charge is -2.29. The summed E-state index contributed by atoms with van der Waals surface area (Å²) in [5, 5.41) is 2.33. The number of ether oxygens (including phenoxy) is 1. The Hall–Kier alpha value is -2.75. The number of hydrogen-bond donors (Lipinski definition) is 0. The van der Waals surface area contributed by atoms with Gasteiger partial charge in [-0.2, -0.15) is 0 Å². The highest BCUT2D eigenvalue weighted by atomic mass is 16.5. The van der Waals surface area contributed by atoms with Crippen LogP contribution in [-0.2, 0) is 4.79 Å². The lowest BCUT2D eigenvalue weighted by atomic mass is 9.99. The minimum atomic E-state index is 0.232. The molecule has 0 N–H and O–H groups in total. The summed E-state index contributed by atoms with van der Waals surface area (Å²) < 4.78 is 11.1. The molecule has 1 saturated heterocycles. The van der Waals surface area contributed by atoms with Crippen molar-refractivity contribution in [1.82, 2.24) is 4.90 Å². The fourth-order valence-electron chi connectivity index (χ4n) is 3.37. The van der Waals surface area contributed by atoms with Crippen molar-refractivity contribution in [1.29, 1.82) is 0 Å². The van der Waals surface area contributed by atoms with E-state index in [-0.39, 0.29) is 5.91 Å². The molecule has 1 atom stereocenters. The van der Waals surface area contributed by atoms with Crippen LogP contribution in [0.25, 0.3) is 21.9 Å². The average molecular weight is 335 g/mol. The molecule has 4 heteroatoms. The number of rotatable bonds is 4. The first-order valence-corrected chi connectivity index (χ1v) is 8.62. The van der Waals surface area contributed by atoms with Crippen LogP contribution in [0.2, 0.25) is 0 Å². The molecular weight excluding hydrogens is 314 g/mol. The summed E-state index contributed by atoms with van der Waals surface area (Å²) in [5.74, 6) is 1.51. The van der Waals surface area contributed by atoms with Gasteiger partial charge < -0.3 is 14.1 Å². The third-order valence-electron chi connectivity index (χ3n) is 4.88. The van der Waals surface area contributed by atoms with Crippen molar-refractivity contribution in [2.24, 2.45) is 5.92 Å². The van der Waals surface area contributed by atoms with E-state index in [1.807, 2.05) is 19.2 Å². The fourth-order valence-corrected chi connectivity index (χ4v) is 3.37. The van der Waals surface area contributed by atoms with Gasteiger partial charge in [0.15, 0.2) is 0 Å². The molecule has 1 amide bonds. The largest absolute Gasteiger partial charge is 0.493 e. The highest BCUT2D eigenvalue weighted by Crippen LogP contribution is 2.28. The topological polar surface area (TPSA) is 42.7 Å². The zero-order chi connectivity index (χ0) is 17.2. The summed E-state index contributed by atoms with van der Waals surface area (Å²) in [7, 11) is 1.86. The zero-order valence-electron chi connectivity index (χ0n) is 14.3. The number of likely N-dealkylation sites (tertiary alicyclic amines) is 1. The minimum Gasteiger partial charge on any atom is -0.493 e. The third kappa shape index (κ3) is 3.38. The van der Waals surface area contributed by atoms with Gasteiger partial charge in [-0.3, -0.25) is 4.79 Å². The number of carbonyl (C=O) groups excluding carboxylic acids is 1. The van der Waals surface area contributed by atoms with Crippen molar-refractivity contribution in [3.05, 3.63) is 55.0 Å². The predicted octanol–water partition coefficient (Wildman–Crippen LogP) is 4.35. The van der Waals surface area contributed by atoms with Crippen LogP contribution < -0.4 is 4.74 Å². The van der Waals surface area contributed by atoms with Crippen molar-refractivity contribution in [2.45, 2.75) is 12.8 Å². The number of carbonyl (C=O) groups is 1. The van der Waals surface area contributed by atoms with Gasteiger partial charge in [0.25, 0.3) is 0 Å². The molecule has 0 bridgehead atoms. The van der Waals surface area contributed by atoms with E-state index in [1.165, 1.54) is 5.39 Å². The van der Waals surface area contributed by atoms with E-state index < -0.39 is 0 Å². The molecule has 1 aliphatic heterocycles. The van der Waals surface area contributed by atoms with Crippen LogP contribution in [0.3, 0.4) is 0 Å². The lowest BCUT2D eigenvalue weighted by Crippen LogP contribution is -2.38. The Labute approximate surface area is 147 Å². The summed E-state index contributed by atoms with van der Waals surface area (Å²) in [5.41, 5.74) is 2.23. The monoisotopic (exact) mass is 335 g/mol. The Kier molecular flexibility index (Phi) is 4.18. The van der Waals surface area contributed by atoms with E-state index in [4.69, 9.17) is 9.15 Å². The number of nitrogens with zero attached hydrogens (tertiary/aromatic N) is 1. The number of amides is 1.